The van der Waals surface area contributed by atoms with E-state index in [2.05, 4.69) is 14.5 Å². The quantitative estimate of drug-likeness (QED) is 0.499. The standard InChI is InChI=1S/C25H27F2N3O4S/c1-33-24-9-6-18(14-25(24)34-2)17-29-10-12-30(13-11-29)20-7-8-23(22(27)16-20)28-35(31,32)21-5-3-4-19(26)15-21/h3-9,14-16,28H,10-13,17H2,1-2H3. The molecule has 3 aromatic rings. The molecule has 186 valence electrons. The van der Waals surface area contributed by atoms with Crippen molar-refractivity contribution in [3.63, 3.8) is 0 Å². The lowest BCUT2D eigenvalue weighted by Gasteiger charge is -2.36. The van der Waals surface area contributed by atoms with Gasteiger partial charge in [-0.2, -0.15) is 0 Å². The molecule has 0 spiro atoms. The highest BCUT2D eigenvalue weighted by atomic mass is 32.2. The molecular weight excluding hydrogens is 476 g/mol. The molecule has 10 heteroatoms. The lowest BCUT2D eigenvalue weighted by Crippen LogP contribution is -2.46. The zero-order chi connectivity index (χ0) is 25.0. The van der Waals surface area contributed by atoms with Crippen molar-refractivity contribution in [3.05, 3.63) is 77.9 Å². The van der Waals surface area contributed by atoms with E-state index < -0.39 is 21.7 Å². The maximum atomic E-state index is 14.8. The number of benzene rings is 3. The Kier molecular flexibility index (Phi) is 7.42. The molecule has 3 aromatic carbocycles. The first kappa shape index (κ1) is 24.7. The average Bonchev–Trinajstić information content (AvgIpc) is 2.85. The van der Waals surface area contributed by atoms with Crippen molar-refractivity contribution in [2.75, 3.05) is 50.0 Å². The van der Waals surface area contributed by atoms with Gasteiger partial charge in [0.05, 0.1) is 24.8 Å². The number of hydrogen-bond donors (Lipinski definition) is 1. The summed E-state index contributed by atoms with van der Waals surface area (Å²) >= 11 is 0. The smallest absolute Gasteiger partial charge is 0.262 e. The molecule has 1 heterocycles. The minimum absolute atomic E-state index is 0.190. The van der Waals surface area contributed by atoms with Gasteiger partial charge in [-0.15, -0.1) is 0 Å². The number of hydrogen-bond acceptors (Lipinski definition) is 6. The van der Waals surface area contributed by atoms with Crippen LogP contribution in [0.3, 0.4) is 0 Å². The van der Waals surface area contributed by atoms with Crippen molar-refractivity contribution in [1.29, 1.82) is 0 Å². The summed E-state index contributed by atoms with van der Waals surface area (Å²) in [7, 11) is -0.899. The van der Waals surface area contributed by atoms with Gasteiger partial charge in [0, 0.05) is 38.4 Å². The minimum Gasteiger partial charge on any atom is -0.493 e. The maximum absolute atomic E-state index is 14.8. The van der Waals surface area contributed by atoms with Crippen molar-refractivity contribution in [2.45, 2.75) is 11.4 Å². The van der Waals surface area contributed by atoms with Gasteiger partial charge >= 0.3 is 0 Å². The van der Waals surface area contributed by atoms with Crippen LogP contribution in [0.15, 0.2) is 65.6 Å². The Hall–Kier alpha value is -3.37. The van der Waals surface area contributed by atoms with Gasteiger partial charge in [-0.05, 0) is 54.1 Å². The Morgan fingerprint density at radius 3 is 2.29 bits per heavy atom. The summed E-state index contributed by atoms with van der Waals surface area (Å²) in [6.45, 7) is 3.71. The normalized spacial score (nSPS) is 14.6. The molecule has 0 bridgehead atoms. The summed E-state index contributed by atoms with van der Waals surface area (Å²) in [5.74, 6) is -0.0128. The predicted molar refractivity (Wildman–Crippen MR) is 131 cm³/mol. The number of ether oxygens (including phenoxy) is 2. The first-order valence-corrected chi connectivity index (χ1v) is 12.5. The van der Waals surface area contributed by atoms with E-state index in [-0.39, 0.29) is 10.6 Å². The highest BCUT2D eigenvalue weighted by Gasteiger charge is 2.21. The van der Waals surface area contributed by atoms with Gasteiger partial charge in [-0.3, -0.25) is 9.62 Å². The molecule has 7 nitrogen and oxygen atoms in total. The fourth-order valence-electron chi connectivity index (χ4n) is 4.02. The van der Waals surface area contributed by atoms with E-state index in [1.54, 1.807) is 20.3 Å². The second-order valence-corrected chi connectivity index (χ2v) is 9.86. The largest absolute Gasteiger partial charge is 0.493 e. The first-order chi connectivity index (χ1) is 16.8. The molecule has 0 aliphatic carbocycles. The fraction of sp³-hybridized carbons (Fsp3) is 0.280. The fourth-order valence-corrected chi connectivity index (χ4v) is 5.12. The maximum Gasteiger partial charge on any atom is 0.262 e. The Labute approximate surface area is 203 Å². The van der Waals surface area contributed by atoms with Crippen LogP contribution in [-0.2, 0) is 16.6 Å². The second-order valence-electron chi connectivity index (χ2n) is 8.18. The number of sulfonamides is 1. The van der Waals surface area contributed by atoms with E-state index in [1.165, 1.54) is 24.3 Å². The third-order valence-corrected chi connectivity index (χ3v) is 7.26. The third kappa shape index (κ3) is 5.83. The van der Waals surface area contributed by atoms with Gasteiger partial charge in [0.15, 0.2) is 11.5 Å². The zero-order valence-electron chi connectivity index (χ0n) is 19.5. The summed E-state index contributed by atoms with van der Waals surface area (Å²) < 4.78 is 66.0. The molecule has 0 atom stereocenters. The Bertz CT molecular complexity index is 1300. The molecule has 0 aromatic heterocycles. The summed E-state index contributed by atoms with van der Waals surface area (Å²) in [6, 6.07) is 14.8. The van der Waals surface area contributed by atoms with Crippen molar-refractivity contribution in [1.82, 2.24) is 4.90 Å². The van der Waals surface area contributed by atoms with Gasteiger partial charge in [0.1, 0.15) is 11.6 Å². The van der Waals surface area contributed by atoms with Gasteiger partial charge in [0.2, 0.25) is 0 Å². The molecular formula is C25H27F2N3O4S. The molecule has 4 rings (SSSR count). The first-order valence-electron chi connectivity index (χ1n) is 11.1. The summed E-state index contributed by atoms with van der Waals surface area (Å²) in [5.41, 5.74) is 1.59. The van der Waals surface area contributed by atoms with Gasteiger partial charge in [-0.25, -0.2) is 17.2 Å². The molecule has 0 amide bonds. The van der Waals surface area contributed by atoms with Crippen molar-refractivity contribution in [3.8, 4) is 11.5 Å². The molecule has 0 unspecified atom stereocenters. The average molecular weight is 504 g/mol. The molecule has 0 saturated carbocycles. The molecule has 1 N–H and O–H groups in total. The number of rotatable bonds is 8. The number of anilines is 2. The SMILES string of the molecule is COc1ccc(CN2CCN(c3ccc(NS(=O)(=O)c4cccc(F)c4)c(F)c3)CC2)cc1OC. The van der Waals surface area contributed by atoms with Crippen LogP contribution in [0.1, 0.15) is 5.56 Å². The molecule has 1 aliphatic rings. The van der Waals surface area contributed by atoms with E-state index >= 15 is 0 Å². The van der Waals surface area contributed by atoms with Crippen molar-refractivity contribution >= 4 is 21.4 Å². The topological polar surface area (TPSA) is 71.1 Å². The number of nitrogens with zero attached hydrogens (tertiary/aromatic N) is 2. The van der Waals surface area contributed by atoms with Crippen LogP contribution in [0.25, 0.3) is 0 Å². The van der Waals surface area contributed by atoms with Gasteiger partial charge < -0.3 is 14.4 Å². The number of halogens is 2. The van der Waals surface area contributed by atoms with Crippen LogP contribution in [0, 0.1) is 11.6 Å². The van der Waals surface area contributed by atoms with Gasteiger partial charge in [0.25, 0.3) is 10.0 Å². The minimum atomic E-state index is -4.11. The van der Waals surface area contributed by atoms with Gasteiger partial charge in [-0.1, -0.05) is 12.1 Å². The van der Waals surface area contributed by atoms with E-state index in [9.17, 15) is 17.2 Å². The lowest BCUT2D eigenvalue weighted by molar-refractivity contribution is 0.249. The Balaban J connectivity index is 1.38. The summed E-state index contributed by atoms with van der Waals surface area (Å²) in [6.07, 6.45) is 0. The number of nitrogens with one attached hydrogen (secondary N) is 1. The Morgan fingerprint density at radius 1 is 0.886 bits per heavy atom. The van der Waals surface area contributed by atoms with Crippen molar-refractivity contribution < 1.29 is 26.7 Å². The summed E-state index contributed by atoms with van der Waals surface area (Å²) in [5, 5.41) is 0. The van der Waals surface area contributed by atoms with E-state index in [0.717, 1.165) is 37.3 Å². The highest BCUT2D eigenvalue weighted by molar-refractivity contribution is 7.92. The molecule has 1 saturated heterocycles. The second kappa shape index (κ2) is 10.5. The van der Waals surface area contributed by atoms with E-state index in [1.807, 2.05) is 18.2 Å². The van der Waals surface area contributed by atoms with E-state index in [0.29, 0.717) is 30.3 Å². The van der Waals surface area contributed by atoms with Crippen LogP contribution in [-0.4, -0.2) is 53.7 Å². The molecule has 35 heavy (non-hydrogen) atoms. The van der Waals surface area contributed by atoms with Crippen LogP contribution >= 0.6 is 0 Å². The Morgan fingerprint density at radius 2 is 1.63 bits per heavy atom. The van der Waals surface area contributed by atoms with Crippen LogP contribution in [0.4, 0.5) is 20.2 Å². The van der Waals surface area contributed by atoms with Crippen LogP contribution in [0.2, 0.25) is 0 Å². The molecule has 1 aliphatic heterocycles. The lowest BCUT2D eigenvalue weighted by atomic mass is 10.1. The van der Waals surface area contributed by atoms with E-state index in [4.69, 9.17) is 9.47 Å². The number of piperazine rings is 1. The van der Waals surface area contributed by atoms with Crippen molar-refractivity contribution in [2.24, 2.45) is 0 Å². The molecule has 1 fully saturated rings. The van der Waals surface area contributed by atoms with Crippen LogP contribution < -0.4 is 19.1 Å². The highest BCUT2D eigenvalue weighted by Crippen LogP contribution is 2.29. The zero-order valence-corrected chi connectivity index (χ0v) is 20.3. The monoisotopic (exact) mass is 503 g/mol. The molecule has 0 radical (unpaired) electrons. The summed E-state index contributed by atoms with van der Waals surface area (Å²) in [4.78, 5) is 4.08. The third-order valence-electron chi connectivity index (χ3n) is 5.89. The number of methoxy groups -OCH3 is 2. The van der Waals surface area contributed by atoms with Crippen LogP contribution in [0.5, 0.6) is 11.5 Å². The predicted octanol–water partition coefficient (Wildman–Crippen LogP) is 4.11.